The average molecular weight is 262 g/mol. The average Bonchev–Trinajstić information content (AvgIpc) is 2.56. The Balaban J connectivity index is 2.45. The predicted molar refractivity (Wildman–Crippen MR) is 67.0 cm³/mol. The van der Waals surface area contributed by atoms with Crippen molar-refractivity contribution in [1.29, 1.82) is 0 Å². The Morgan fingerprint density at radius 3 is 2.83 bits per heavy atom. The number of halogens is 2. The molecule has 0 saturated heterocycles. The van der Waals surface area contributed by atoms with Crippen molar-refractivity contribution in [3.63, 3.8) is 0 Å². The number of ether oxygens (including phenoxy) is 1. The van der Waals surface area contributed by atoms with Crippen LogP contribution >= 0.6 is 0 Å². The second-order valence-corrected chi connectivity index (χ2v) is 3.96. The van der Waals surface area contributed by atoms with Crippen LogP contribution in [0.4, 0.5) is 20.3 Å². The number of rotatable bonds is 8. The quantitative estimate of drug-likeness (QED) is 0.702. The first-order valence-corrected chi connectivity index (χ1v) is 5.98. The summed E-state index contributed by atoms with van der Waals surface area (Å²) in [6.07, 6.45) is -1.49. The number of hydrogen-bond donors (Lipinski definition) is 2. The Kier molecular flexibility index (Phi) is 5.84. The van der Waals surface area contributed by atoms with Crippen molar-refractivity contribution in [3.05, 3.63) is 5.69 Å². The van der Waals surface area contributed by atoms with E-state index in [4.69, 9.17) is 10.5 Å². The van der Waals surface area contributed by atoms with E-state index in [1.807, 2.05) is 13.8 Å². The minimum Gasteiger partial charge on any atom is -0.394 e. The van der Waals surface area contributed by atoms with Crippen molar-refractivity contribution >= 4 is 11.5 Å². The van der Waals surface area contributed by atoms with Gasteiger partial charge in [0.2, 0.25) is 0 Å². The van der Waals surface area contributed by atoms with E-state index in [0.29, 0.717) is 12.2 Å². The lowest BCUT2D eigenvalue weighted by Crippen LogP contribution is -2.16. The topological polar surface area (TPSA) is 65.1 Å². The zero-order valence-corrected chi connectivity index (χ0v) is 10.7. The van der Waals surface area contributed by atoms with Gasteiger partial charge in [0.1, 0.15) is 12.4 Å². The van der Waals surface area contributed by atoms with Gasteiger partial charge in [-0.15, -0.1) is 0 Å². The highest BCUT2D eigenvalue weighted by Crippen LogP contribution is 2.22. The number of nitrogen functional groups attached to an aromatic ring is 1. The summed E-state index contributed by atoms with van der Waals surface area (Å²) >= 11 is 0. The number of anilines is 2. The molecule has 0 saturated carbocycles. The number of nitrogens with zero attached hydrogens (tertiary/aromatic N) is 2. The second kappa shape index (κ2) is 7.15. The Morgan fingerprint density at radius 2 is 2.22 bits per heavy atom. The van der Waals surface area contributed by atoms with E-state index in [1.54, 1.807) is 4.68 Å². The summed E-state index contributed by atoms with van der Waals surface area (Å²) in [7, 11) is 0. The van der Waals surface area contributed by atoms with E-state index >= 15 is 0 Å². The molecule has 0 unspecified atom stereocenters. The number of hydrogen-bond acceptors (Lipinski definition) is 4. The number of aromatic nitrogens is 2. The molecule has 1 heterocycles. The predicted octanol–water partition coefficient (Wildman–Crippen LogP) is 1.88. The van der Waals surface area contributed by atoms with Gasteiger partial charge in [-0.05, 0) is 13.3 Å². The molecule has 3 N–H and O–H groups in total. The molecular formula is C11H20F2N4O. The number of nitrogens with two attached hydrogens (primary N) is 1. The van der Waals surface area contributed by atoms with Crippen LogP contribution in [-0.2, 0) is 11.3 Å². The summed E-state index contributed by atoms with van der Waals surface area (Å²) in [6, 6.07) is 0. The van der Waals surface area contributed by atoms with Crippen LogP contribution in [0.2, 0.25) is 0 Å². The summed E-state index contributed by atoms with van der Waals surface area (Å²) in [5.41, 5.74) is 7.25. The zero-order chi connectivity index (χ0) is 13.5. The Bertz CT molecular complexity index is 368. The van der Waals surface area contributed by atoms with E-state index in [-0.39, 0.29) is 6.61 Å². The normalized spacial score (nSPS) is 11.2. The molecule has 0 aliphatic carbocycles. The van der Waals surface area contributed by atoms with Crippen LogP contribution < -0.4 is 11.1 Å². The maximum Gasteiger partial charge on any atom is 0.261 e. The van der Waals surface area contributed by atoms with Gasteiger partial charge in [0.15, 0.2) is 0 Å². The molecule has 1 aromatic heterocycles. The van der Waals surface area contributed by atoms with Crippen molar-refractivity contribution in [1.82, 2.24) is 9.78 Å². The monoisotopic (exact) mass is 262 g/mol. The van der Waals surface area contributed by atoms with Gasteiger partial charge >= 0.3 is 0 Å². The van der Waals surface area contributed by atoms with Gasteiger partial charge in [-0.3, -0.25) is 0 Å². The summed E-state index contributed by atoms with van der Waals surface area (Å²) < 4.78 is 30.2. The number of nitrogens with one attached hydrogen (secondary N) is 1. The molecule has 0 radical (unpaired) electrons. The van der Waals surface area contributed by atoms with Crippen molar-refractivity contribution in [2.24, 2.45) is 0 Å². The molecule has 0 amide bonds. The fourth-order valence-electron chi connectivity index (χ4n) is 1.57. The highest BCUT2D eigenvalue weighted by molar-refractivity contribution is 5.64. The van der Waals surface area contributed by atoms with Gasteiger partial charge in [0.05, 0.1) is 18.0 Å². The first-order valence-electron chi connectivity index (χ1n) is 5.98. The Labute approximate surface area is 105 Å². The molecule has 0 aliphatic rings. The smallest absolute Gasteiger partial charge is 0.261 e. The van der Waals surface area contributed by atoms with Crippen molar-refractivity contribution in [2.45, 2.75) is 33.2 Å². The lowest BCUT2D eigenvalue weighted by molar-refractivity contribution is 0.0214. The second-order valence-electron chi connectivity index (χ2n) is 3.96. The molecule has 18 heavy (non-hydrogen) atoms. The molecule has 104 valence electrons. The lowest BCUT2D eigenvalue weighted by Gasteiger charge is -2.10. The molecule has 1 aromatic rings. The van der Waals surface area contributed by atoms with Crippen LogP contribution in [0.1, 0.15) is 19.0 Å². The first kappa shape index (κ1) is 14.7. The standard InChI is InChI=1S/C11H20F2N4O/c1-3-5-17-11(10(14)8(2)16-17)15-4-6-18-7-9(12)13/h9,15H,3-7,14H2,1-2H3. The lowest BCUT2D eigenvalue weighted by atomic mass is 10.4. The van der Waals surface area contributed by atoms with Crippen molar-refractivity contribution in [3.8, 4) is 0 Å². The maximum absolute atomic E-state index is 11.8. The van der Waals surface area contributed by atoms with E-state index in [0.717, 1.165) is 24.5 Å². The largest absolute Gasteiger partial charge is 0.394 e. The third kappa shape index (κ3) is 4.14. The fraction of sp³-hybridized carbons (Fsp3) is 0.727. The highest BCUT2D eigenvalue weighted by Gasteiger charge is 2.11. The molecule has 0 atom stereocenters. The minimum atomic E-state index is -2.43. The van der Waals surface area contributed by atoms with Crippen LogP contribution in [0.5, 0.6) is 0 Å². The van der Waals surface area contributed by atoms with Crippen LogP contribution in [0.3, 0.4) is 0 Å². The van der Waals surface area contributed by atoms with Crippen LogP contribution in [0, 0.1) is 6.92 Å². The van der Waals surface area contributed by atoms with Gasteiger partial charge < -0.3 is 15.8 Å². The fourth-order valence-corrected chi connectivity index (χ4v) is 1.57. The SMILES string of the molecule is CCCn1nc(C)c(N)c1NCCOCC(F)F. The summed E-state index contributed by atoms with van der Waals surface area (Å²) in [5.74, 6) is 0.731. The third-order valence-electron chi connectivity index (χ3n) is 2.39. The van der Waals surface area contributed by atoms with Gasteiger partial charge in [0.25, 0.3) is 6.43 Å². The molecule has 0 spiro atoms. The van der Waals surface area contributed by atoms with Gasteiger partial charge in [-0.2, -0.15) is 5.10 Å². The molecule has 0 aromatic carbocycles. The van der Waals surface area contributed by atoms with Gasteiger partial charge in [-0.1, -0.05) is 6.92 Å². The third-order valence-corrected chi connectivity index (χ3v) is 2.39. The molecular weight excluding hydrogens is 242 g/mol. The minimum absolute atomic E-state index is 0.208. The van der Waals surface area contributed by atoms with Crippen LogP contribution in [0.15, 0.2) is 0 Å². The summed E-state index contributed by atoms with van der Waals surface area (Å²) in [4.78, 5) is 0. The number of alkyl halides is 2. The molecule has 7 heteroatoms. The van der Waals surface area contributed by atoms with Crippen LogP contribution in [-0.4, -0.2) is 36.0 Å². The first-order chi connectivity index (χ1) is 8.56. The van der Waals surface area contributed by atoms with Crippen molar-refractivity contribution in [2.75, 3.05) is 30.8 Å². The highest BCUT2D eigenvalue weighted by atomic mass is 19.3. The molecule has 5 nitrogen and oxygen atoms in total. The zero-order valence-electron chi connectivity index (χ0n) is 10.7. The molecule has 0 aliphatic heterocycles. The molecule has 0 fully saturated rings. The van der Waals surface area contributed by atoms with Gasteiger partial charge in [0, 0.05) is 13.1 Å². The van der Waals surface area contributed by atoms with Crippen molar-refractivity contribution < 1.29 is 13.5 Å². The van der Waals surface area contributed by atoms with Gasteiger partial charge in [-0.25, -0.2) is 13.5 Å². The van der Waals surface area contributed by atoms with E-state index in [1.165, 1.54) is 0 Å². The summed E-state index contributed by atoms with van der Waals surface area (Å²) in [6.45, 7) is 4.73. The molecule has 0 bridgehead atoms. The van der Waals surface area contributed by atoms with Crippen LogP contribution in [0.25, 0.3) is 0 Å². The molecule has 1 rings (SSSR count). The summed E-state index contributed by atoms with van der Waals surface area (Å²) in [5, 5.41) is 7.36. The van der Waals surface area contributed by atoms with E-state index < -0.39 is 13.0 Å². The Hall–Kier alpha value is -1.37. The van der Waals surface area contributed by atoms with E-state index in [9.17, 15) is 8.78 Å². The maximum atomic E-state index is 11.8. The van der Waals surface area contributed by atoms with E-state index in [2.05, 4.69) is 10.4 Å². The Morgan fingerprint density at radius 1 is 1.50 bits per heavy atom. The number of aryl methyl sites for hydroxylation is 2.